The SMILES string of the molecule is N=C(N)NCCC[C@@H](NC(=O)C(c1ccccc1)c1ccccc1)C(=O)NCc1ccc(CNC(=O)NC(N)=O)cc1. The molecule has 10 N–H and O–H groups in total. The second-order valence-electron chi connectivity index (χ2n) is 9.50. The zero-order valence-corrected chi connectivity index (χ0v) is 23.1. The lowest BCUT2D eigenvalue weighted by Crippen LogP contribution is -2.48. The number of primary amides is 1. The summed E-state index contributed by atoms with van der Waals surface area (Å²) in [5.41, 5.74) is 13.5. The Labute approximate surface area is 244 Å². The average molecular weight is 573 g/mol. The summed E-state index contributed by atoms with van der Waals surface area (Å²) in [5, 5.41) is 20.3. The quantitative estimate of drug-likeness (QED) is 0.0870. The first-order valence-electron chi connectivity index (χ1n) is 13.4. The lowest BCUT2D eigenvalue weighted by atomic mass is 9.90. The predicted molar refractivity (Wildman–Crippen MR) is 159 cm³/mol. The second-order valence-corrected chi connectivity index (χ2v) is 9.50. The molecule has 0 aromatic heterocycles. The van der Waals surface area contributed by atoms with Crippen molar-refractivity contribution in [3.63, 3.8) is 0 Å². The van der Waals surface area contributed by atoms with Crippen LogP contribution >= 0.6 is 0 Å². The average Bonchev–Trinajstić information content (AvgIpc) is 2.97. The highest BCUT2D eigenvalue weighted by Crippen LogP contribution is 2.25. The van der Waals surface area contributed by atoms with Crippen LogP contribution in [0.15, 0.2) is 84.9 Å². The molecule has 12 heteroatoms. The lowest BCUT2D eigenvalue weighted by molar-refractivity contribution is -0.129. The molecular weight excluding hydrogens is 536 g/mol. The highest BCUT2D eigenvalue weighted by atomic mass is 16.2. The van der Waals surface area contributed by atoms with Crippen LogP contribution < -0.4 is 38.1 Å². The largest absolute Gasteiger partial charge is 0.370 e. The minimum Gasteiger partial charge on any atom is -0.370 e. The van der Waals surface area contributed by atoms with Crippen LogP contribution in [0.25, 0.3) is 0 Å². The molecule has 1 atom stereocenters. The Bertz CT molecular complexity index is 1310. The Morgan fingerprint density at radius 2 is 1.21 bits per heavy atom. The first kappa shape index (κ1) is 31.1. The number of nitrogens with one attached hydrogen (secondary N) is 6. The number of guanidine groups is 1. The number of amides is 6. The molecule has 0 saturated heterocycles. The van der Waals surface area contributed by atoms with Gasteiger partial charge in [0, 0.05) is 19.6 Å². The summed E-state index contributed by atoms with van der Waals surface area (Å²) in [6.45, 7) is 0.772. The minimum atomic E-state index is -0.946. The molecular formula is C30H36N8O4. The molecule has 12 nitrogen and oxygen atoms in total. The van der Waals surface area contributed by atoms with Crippen LogP contribution in [0.3, 0.4) is 0 Å². The van der Waals surface area contributed by atoms with Gasteiger partial charge in [-0.3, -0.25) is 20.3 Å². The van der Waals surface area contributed by atoms with Crippen LogP contribution in [-0.4, -0.2) is 42.4 Å². The maximum atomic E-state index is 13.7. The summed E-state index contributed by atoms with van der Waals surface area (Å²) in [4.78, 5) is 49.2. The Morgan fingerprint density at radius 1 is 0.690 bits per heavy atom. The molecule has 0 heterocycles. The van der Waals surface area contributed by atoms with Gasteiger partial charge in [-0.25, -0.2) is 9.59 Å². The highest BCUT2D eigenvalue weighted by Gasteiger charge is 2.27. The molecule has 3 aromatic rings. The fourth-order valence-electron chi connectivity index (χ4n) is 4.27. The van der Waals surface area contributed by atoms with Gasteiger partial charge in [-0.15, -0.1) is 0 Å². The van der Waals surface area contributed by atoms with Gasteiger partial charge in [0.1, 0.15) is 6.04 Å². The van der Waals surface area contributed by atoms with E-state index in [2.05, 4.69) is 21.3 Å². The van der Waals surface area contributed by atoms with E-state index in [9.17, 15) is 19.2 Å². The van der Waals surface area contributed by atoms with E-state index >= 15 is 0 Å². The van der Waals surface area contributed by atoms with Crippen molar-refractivity contribution in [2.75, 3.05) is 6.54 Å². The van der Waals surface area contributed by atoms with Gasteiger partial charge < -0.3 is 32.7 Å². The van der Waals surface area contributed by atoms with Crippen LogP contribution in [-0.2, 0) is 22.7 Å². The number of benzene rings is 3. The number of hydrogen-bond acceptors (Lipinski definition) is 5. The Morgan fingerprint density at radius 3 is 1.71 bits per heavy atom. The van der Waals surface area contributed by atoms with Crippen molar-refractivity contribution in [2.45, 2.75) is 37.9 Å². The number of carbonyl (C=O) groups excluding carboxylic acids is 4. The smallest absolute Gasteiger partial charge is 0.323 e. The third kappa shape index (κ3) is 10.3. The summed E-state index contributed by atoms with van der Waals surface area (Å²) in [6.07, 6.45) is 0.816. The molecule has 0 aliphatic heterocycles. The zero-order valence-electron chi connectivity index (χ0n) is 23.1. The molecule has 0 saturated carbocycles. The monoisotopic (exact) mass is 572 g/mol. The minimum absolute atomic E-state index is 0.166. The van der Waals surface area contributed by atoms with Crippen molar-refractivity contribution >= 4 is 29.8 Å². The number of carbonyl (C=O) groups is 4. The van der Waals surface area contributed by atoms with E-state index in [1.165, 1.54) is 0 Å². The maximum Gasteiger partial charge on any atom is 0.323 e. The fraction of sp³-hybridized carbons (Fsp3) is 0.233. The number of imide groups is 1. The summed E-state index contributed by atoms with van der Waals surface area (Å²) in [7, 11) is 0. The van der Waals surface area contributed by atoms with Gasteiger partial charge >= 0.3 is 12.1 Å². The molecule has 220 valence electrons. The van der Waals surface area contributed by atoms with Crippen molar-refractivity contribution in [2.24, 2.45) is 11.5 Å². The number of nitrogens with two attached hydrogens (primary N) is 2. The van der Waals surface area contributed by atoms with Gasteiger partial charge in [-0.1, -0.05) is 84.9 Å². The highest BCUT2D eigenvalue weighted by molar-refractivity contribution is 5.93. The van der Waals surface area contributed by atoms with Crippen molar-refractivity contribution in [1.29, 1.82) is 5.41 Å². The van der Waals surface area contributed by atoms with E-state index in [0.717, 1.165) is 22.3 Å². The van der Waals surface area contributed by atoms with Crippen LogP contribution in [0.2, 0.25) is 0 Å². The fourth-order valence-corrected chi connectivity index (χ4v) is 4.27. The maximum absolute atomic E-state index is 13.7. The van der Waals surface area contributed by atoms with Crippen LogP contribution in [0.1, 0.15) is 41.0 Å². The normalized spacial score (nSPS) is 11.2. The number of hydrogen-bond donors (Lipinski definition) is 8. The van der Waals surface area contributed by atoms with Crippen LogP contribution in [0.5, 0.6) is 0 Å². The van der Waals surface area contributed by atoms with E-state index in [1.807, 2.05) is 66.0 Å². The summed E-state index contributed by atoms with van der Waals surface area (Å²) >= 11 is 0. The predicted octanol–water partition coefficient (Wildman–Crippen LogP) is 1.76. The number of urea groups is 2. The topological polar surface area (TPSA) is 204 Å². The zero-order chi connectivity index (χ0) is 30.3. The molecule has 0 unspecified atom stereocenters. The van der Waals surface area contributed by atoms with Gasteiger partial charge in [0.15, 0.2) is 5.96 Å². The Hall–Kier alpha value is -5.39. The van der Waals surface area contributed by atoms with E-state index in [4.69, 9.17) is 16.9 Å². The van der Waals surface area contributed by atoms with Crippen LogP contribution in [0.4, 0.5) is 9.59 Å². The lowest BCUT2D eigenvalue weighted by Gasteiger charge is -2.23. The molecule has 3 aromatic carbocycles. The molecule has 3 rings (SSSR count). The van der Waals surface area contributed by atoms with Crippen LogP contribution in [0, 0.1) is 5.41 Å². The Kier molecular flexibility index (Phi) is 11.9. The molecule has 0 bridgehead atoms. The molecule has 0 fully saturated rings. The van der Waals surface area contributed by atoms with Crippen molar-refractivity contribution < 1.29 is 19.2 Å². The van der Waals surface area contributed by atoms with E-state index < -0.39 is 24.0 Å². The van der Waals surface area contributed by atoms with Crippen molar-refractivity contribution in [3.8, 4) is 0 Å². The summed E-state index contributed by atoms with van der Waals surface area (Å²) in [5.74, 6) is -1.42. The molecule has 0 spiro atoms. The Balaban J connectivity index is 1.66. The molecule has 0 aliphatic carbocycles. The third-order valence-electron chi connectivity index (χ3n) is 6.33. The van der Waals surface area contributed by atoms with Gasteiger partial charge in [-0.05, 0) is 35.1 Å². The van der Waals surface area contributed by atoms with E-state index in [-0.39, 0.29) is 30.9 Å². The van der Waals surface area contributed by atoms with Crippen molar-refractivity contribution in [1.82, 2.24) is 26.6 Å². The standard InChI is InChI=1S/C30H36N8O4/c31-28(32)34-17-7-12-24(37-27(40)25(22-8-3-1-4-9-22)23-10-5-2-6-11-23)26(39)35-18-20-13-15-21(16-14-20)19-36-30(42)38-29(33)41/h1-6,8-11,13-16,24-25H,7,12,17-19H2,(H,35,39)(H,37,40)(H4,31,32,34)(H4,33,36,38,41,42)/t24-/m1/s1. The van der Waals surface area contributed by atoms with Gasteiger partial charge in [0.05, 0.1) is 5.92 Å². The first-order chi connectivity index (χ1) is 20.2. The summed E-state index contributed by atoms with van der Waals surface area (Å²) < 4.78 is 0. The molecule has 42 heavy (non-hydrogen) atoms. The first-order valence-corrected chi connectivity index (χ1v) is 13.4. The number of rotatable bonds is 13. The van der Waals surface area contributed by atoms with Crippen molar-refractivity contribution in [3.05, 3.63) is 107 Å². The van der Waals surface area contributed by atoms with E-state index in [0.29, 0.717) is 19.4 Å². The summed E-state index contributed by atoms with van der Waals surface area (Å²) in [6, 6.07) is 23.4. The molecule has 6 amide bonds. The molecule has 0 radical (unpaired) electrons. The van der Waals surface area contributed by atoms with E-state index in [1.54, 1.807) is 24.3 Å². The van der Waals surface area contributed by atoms with Gasteiger partial charge in [0.25, 0.3) is 0 Å². The third-order valence-corrected chi connectivity index (χ3v) is 6.33. The van der Waals surface area contributed by atoms with Gasteiger partial charge in [0.2, 0.25) is 11.8 Å². The molecule has 0 aliphatic rings. The van der Waals surface area contributed by atoms with Gasteiger partial charge in [-0.2, -0.15) is 0 Å². The second kappa shape index (κ2) is 16.0.